The van der Waals surface area contributed by atoms with Gasteiger partial charge in [-0.05, 0) is 26.7 Å². The molecular formula is C8H13NO3. The maximum Gasteiger partial charge on any atom is 0.506 e. The Kier molecular flexibility index (Phi) is 4.12. The van der Waals surface area contributed by atoms with Gasteiger partial charge in [0, 0.05) is 6.42 Å². The van der Waals surface area contributed by atoms with E-state index >= 15 is 0 Å². The molecule has 0 radical (unpaired) electrons. The number of nitriles is 1. The van der Waals surface area contributed by atoms with E-state index in [1.165, 1.54) is 0 Å². The first-order chi connectivity index (χ1) is 5.48. The quantitative estimate of drug-likeness (QED) is 0.519. The van der Waals surface area contributed by atoms with Crippen molar-refractivity contribution in [2.75, 3.05) is 0 Å². The summed E-state index contributed by atoms with van der Waals surface area (Å²) >= 11 is 0. The zero-order valence-electron chi connectivity index (χ0n) is 7.33. The number of ether oxygens (including phenoxy) is 1. The van der Waals surface area contributed by atoms with E-state index in [1.54, 1.807) is 13.8 Å². The summed E-state index contributed by atoms with van der Waals surface area (Å²) in [6.45, 7) is 3.39. The third-order valence-electron chi connectivity index (χ3n) is 1.43. The SMILES string of the molecule is CC(C)(CCCC#N)OC(=O)O. The second kappa shape index (κ2) is 4.60. The molecule has 0 saturated carbocycles. The van der Waals surface area contributed by atoms with Crippen LogP contribution in [0.3, 0.4) is 0 Å². The van der Waals surface area contributed by atoms with E-state index in [9.17, 15) is 4.79 Å². The summed E-state index contributed by atoms with van der Waals surface area (Å²) in [5.74, 6) is 0. The van der Waals surface area contributed by atoms with E-state index in [2.05, 4.69) is 4.74 Å². The number of rotatable bonds is 4. The van der Waals surface area contributed by atoms with Crippen molar-refractivity contribution >= 4 is 6.16 Å². The fraction of sp³-hybridized carbons (Fsp3) is 0.750. The highest BCUT2D eigenvalue weighted by Crippen LogP contribution is 2.17. The summed E-state index contributed by atoms with van der Waals surface area (Å²) < 4.78 is 4.59. The Hall–Kier alpha value is -1.24. The molecule has 0 heterocycles. The van der Waals surface area contributed by atoms with Crippen LogP contribution in [0.2, 0.25) is 0 Å². The van der Waals surface area contributed by atoms with Gasteiger partial charge in [0.1, 0.15) is 5.60 Å². The van der Waals surface area contributed by atoms with Crippen molar-refractivity contribution in [3.05, 3.63) is 0 Å². The normalized spacial score (nSPS) is 10.4. The molecule has 4 heteroatoms. The largest absolute Gasteiger partial charge is 0.506 e. The fourth-order valence-electron chi connectivity index (χ4n) is 0.881. The second-order valence-corrected chi connectivity index (χ2v) is 3.14. The van der Waals surface area contributed by atoms with Gasteiger partial charge < -0.3 is 9.84 Å². The molecule has 0 spiro atoms. The molecule has 0 bridgehead atoms. The zero-order valence-corrected chi connectivity index (χ0v) is 7.33. The van der Waals surface area contributed by atoms with E-state index in [-0.39, 0.29) is 0 Å². The van der Waals surface area contributed by atoms with Crippen LogP contribution < -0.4 is 0 Å². The fourth-order valence-corrected chi connectivity index (χ4v) is 0.881. The first-order valence-corrected chi connectivity index (χ1v) is 3.77. The molecule has 12 heavy (non-hydrogen) atoms. The lowest BCUT2D eigenvalue weighted by Crippen LogP contribution is -2.26. The molecule has 4 nitrogen and oxygen atoms in total. The van der Waals surface area contributed by atoms with Crippen LogP contribution in [0.4, 0.5) is 4.79 Å². The van der Waals surface area contributed by atoms with Gasteiger partial charge in [-0.1, -0.05) is 0 Å². The van der Waals surface area contributed by atoms with Gasteiger partial charge in [0.15, 0.2) is 0 Å². The third-order valence-corrected chi connectivity index (χ3v) is 1.43. The van der Waals surface area contributed by atoms with E-state index in [1.807, 2.05) is 6.07 Å². The minimum Gasteiger partial charge on any atom is -0.450 e. The molecule has 0 saturated heterocycles. The van der Waals surface area contributed by atoms with Crippen LogP contribution in [0.15, 0.2) is 0 Å². The van der Waals surface area contributed by atoms with Crippen molar-refractivity contribution in [3.63, 3.8) is 0 Å². The first kappa shape index (κ1) is 10.8. The van der Waals surface area contributed by atoms with E-state index in [0.29, 0.717) is 19.3 Å². The highest BCUT2D eigenvalue weighted by molar-refractivity contribution is 5.57. The predicted molar refractivity (Wildman–Crippen MR) is 42.7 cm³/mol. The molecule has 0 aromatic heterocycles. The van der Waals surface area contributed by atoms with Crippen molar-refractivity contribution in [3.8, 4) is 6.07 Å². The summed E-state index contributed by atoms with van der Waals surface area (Å²) in [5.41, 5.74) is -0.678. The summed E-state index contributed by atoms with van der Waals surface area (Å²) in [6, 6.07) is 1.99. The monoisotopic (exact) mass is 171 g/mol. The lowest BCUT2D eigenvalue weighted by Gasteiger charge is -2.22. The van der Waals surface area contributed by atoms with Crippen molar-refractivity contribution in [1.82, 2.24) is 0 Å². The Bertz CT molecular complexity index is 193. The minimum absolute atomic E-state index is 0.437. The molecule has 68 valence electrons. The molecule has 0 atom stereocenters. The average molecular weight is 171 g/mol. The van der Waals surface area contributed by atoms with Gasteiger partial charge >= 0.3 is 6.16 Å². The molecule has 0 aromatic rings. The van der Waals surface area contributed by atoms with Gasteiger partial charge in [-0.15, -0.1) is 0 Å². The Labute approximate surface area is 71.8 Å². The van der Waals surface area contributed by atoms with E-state index in [0.717, 1.165) is 0 Å². The molecule has 0 aliphatic heterocycles. The highest BCUT2D eigenvalue weighted by atomic mass is 16.7. The third kappa shape index (κ3) is 5.54. The van der Waals surface area contributed by atoms with E-state index in [4.69, 9.17) is 10.4 Å². The van der Waals surface area contributed by atoms with Crippen molar-refractivity contribution < 1.29 is 14.6 Å². The molecule has 1 N–H and O–H groups in total. The van der Waals surface area contributed by atoms with Gasteiger partial charge in [0.05, 0.1) is 6.07 Å². The van der Waals surface area contributed by atoms with Crippen molar-refractivity contribution in [2.45, 2.75) is 38.7 Å². The Morgan fingerprint density at radius 3 is 2.67 bits per heavy atom. The standard InChI is InChI=1S/C8H13NO3/c1-8(2,12-7(10)11)5-3-4-6-9/h3-5H2,1-2H3,(H,10,11). The van der Waals surface area contributed by atoms with Gasteiger partial charge in [-0.2, -0.15) is 5.26 Å². The minimum atomic E-state index is -1.27. The van der Waals surface area contributed by atoms with Crippen molar-refractivity contribution in [1.29, 1.82) is 5.26 Å². The van der Waals surface area contributed by atoms with Crippen LogP contribution in [-0.4, -0.2) is 16.9 Å². The molecule has 0 amide bonds. The van der Waals surface area contributed by atoms with E-state index < -0.39 is 11.8 Å². The van der Waals surface area contributed by atoms with Crippen LogP contribution in [-0.2, 0) is 4.74 Å². The molecule has 0 unspecified atom stereocenters. The molecule has 0 aliphatic carbocycles. The molecule has 0 aliphatic rings. The molecule has 0 fully saturated rings. The average Bonchev–Trinajstić information content (AvgIpc) is 1.84. The van der Waals surface area contributed by atoms with Gasteiger partial charge in [-0.3, -0.25) is 0 Å². The Morgan fingerprint density at radius 2 is 2.25 bits per heavy atom. The number of hydrogen-bond acceptors (Lipinski definition) is 3. The lowest BCUT2D eigenvalue weighted by atomic mass is 10.0. The van der Waals surface area contributed by atoms with Crippen LogP contribution in [0.25, 0.3) is 0 Å². The van der Waals surface area contributed by atoms with Crippen molar-refractivity contribution in [2.24, 2.45) is 0 Å². The summed E-state index contributed by atoms with van der Waals surface area (Å²) in [4.78, 5) is 10.2. The molecule has 0 aromatic carbocycles. The maximum atomic E-state index is 10.2. The van der Waals surface area contributed by atoms with Crippen LogP contribution in [0, 0.1) is 11.3 Å². The Morgan fingerprint density at radius 1 is 1.67 bits per heavy atom. The maximum absolute atomic E-state index is 10.2. The smallest absolute Gasteiger partial charge is 0.450 e. The highest BCUT2D eigenvalue weighted by Gasteiger charge is 2.21. The number of unbranched alkanes of at least 4 members (excludes halogenated alkanes) is 1. The predicted octanol–water partition coefficient (Wildman–Crippen LogP) is 2.15. The van der Waals surface area contributed by atoms with Gasteiger partial charge in [0.25, 0.3) is 0 Å². The van der Waals surface area contributed by atoms with Crippen LogP contribution >= 0.6 is 0 Å². The number of nitrogens with zero attached hydrogens (tertiary/aromatic N) is 1. The topological polar surface area (TPSA) is 70.3 Å². The van der Waals surface area contributed by atoms with Crippen LogP contribution in [0.1, 0.15) is 33.1 Å². The Balaban J connectivity index is 3.72. The zero-order chi connectivity index (χ0) is 9.61. The van der Waals surface area contributed by atoms with Gasteiger partial charge in [-0.25, -0.2) is 4.79 Å². The summed E-state index contributed by atoms with van der Waals surface area (Å²) in [5, 5.41) is 16.6. The number of hydrogen-bond donors (Lipinski definition) is 1. The summed E-state index contributed by atoms with van der Waals surface area (Å²) in [6.07, 6.45) is 0.410. The van der Waals surface area contributed by atoms with Gasteiger partial charge in [0.2, 0.25) is 0 Å². The second-order valence-electron chi connectivity index (χ2n) is 3.14. The number of carbonyl (C=O) groups is 1. The first-order valence-electron chi connectivity index (χ1n) is 3.77. The molecule has 0 rings (SSSR count). The molecular weight excluding hydrogens is 158 g/mol. The van der Waals surface area contributed by atoms with Crippen LogP contribution in [0.5, 0.6) is 0 Å². The lowest BCUT2D eigenvalue weighted by molar-refractivity contribution is -0.00174. The summed E-state index contributed by atoms with van der Waals surface area (Å²) in [7, 11) is 0. The number of carboxylic acid groups (broad SMARTS) is 1.